The van der Waals surface area contributed by atoms with Crippen molar-refractivity contribution in [2.24, 2.45) is 0 Å². The summed E-state index contributed by atoms with van der Waals surface area (Å²) >= 11 is 7.77. The van der Waals surface area contributed by atoms with Crippen molar-refractivity contribution < 1.29 is 9.53 Å². The molecule has 0 saturated heterocycles. The van der Waals surface area contributed by atoms with Crippen molar-refractivity contribution >= 4 is 39.1 Å². The zero-order valence-electron chi connectivity index (χ0n) is 11.1. The van der Waals surface area contributed by atoms with E-state index < -0.39 is 0 Å². The summed E-state index contributed by atoms with van der Waals surface area (Å²) in [6.45, 7) is 4.00. The van der Waals surface area contributed by atoms with E-state index in [1.807, 2.05) is 19.9 Å². The number of ether oxygens (including phenoxy) is 1. The van der Waals surface area contributed by atoms with Crippen LogP contribution in [0.2, 0.25) is 5.15 Å². The lowest BCUT2D eigenvalue weighted by Crippen LogP contribution is -2.06. The molecule has 0 amide bonds. The minimum absolute atomic E-state index is 0.0726. The molecule has 0 bridgehead atoms. The molecule has 0 aromatic carbocycles. The number of fused-ring (bicyclic) bond motifs is 1. The number of methoxy groups -OCH3 is 1. The van der Waals surface area contributed by atoms with E-state index in [4.69, 9.17) is 11.6 Å². The van der Waals surface area contributed by atoms with Crippen LogP contribution in [0, 0.1) is 6.92 Å². The molecule has 1 unspecified atom stereocenters. The van der Waals surface area contributed by atoms with Crippen molar-refractivity contribution in [3.63, 3.8) is 0 Å². The zero-order chi connectivity index (χ0) is 14.0. The second-order valence-electron chi connectivity index (χ2n) is 4.46. The number of esters is 1. The van der Waals surface area contributed by atoms with Gasteiger partial charge in [-0.2, -0.15) is 0 Å². The van der Waals surface area contributed by atoms with Crippen molar-refractivity contribution in [2.75, 3.05) is 7.11 Å². The van der Waals surface area contributed by atoms with Crippen LogP contribution in [0.4, 0.5) is 0 Å². The maximum Gasteiger partial charge on any atom is 0.305 e. The van der Waals surface area contributed by atoms with Gasteiger partial charge in [0, 0.05) is 22.6 Å². The Morgan fingerprint density at radius 3 is 2.95 bits per heavy atom. The standard InChI is InChI=1S/C13H15ClN2O2S/c1-7(4-5-10(17)18-3)12-15-11(14)9-6-8(2)19-13(9)16-12/h6-7H,4-5H2,1-3H3. The summed E-state index contributed by atoms with van der Waals surface area (Å²) in [5.74, 6) is 0.539. The fourth-order valence-corrected chi connectivity index (χ4v) is 2.98. The largest absolute Gasteiger partial charge is 0.469 e. The Bertz CT molecular complexity index is 612. The molecule has 0 saturated carbocycles. The van der Waals surface area contributed by atoms with Crippen molar-refractivity contribution in [3.05, 3.63) is 21.9 Å². The summed E-state index contributed by atoms with van der Waals surface area (Å²) < 4.78 is 4.63. The van der Waals surface area contributed by atoms with Gasteiger partial charge in [-0.3, -0.25) is 4.79 Å². The number of carbonyl (C=O) groups is 1. The van der Waals surface area contributed by atoms with Crippen LogP contribution in [0.15, 0.2) is 6.07 Å². The Hall–Kier alpha value is -1.20. The number of rotatable bonds is 4. The van der Waals surface area contributed by atoms with Crippen LogP contribution in [-0.2, 0) is 9.53 Å². The zero-order valence-corrected chi connectivity index (χ0v) is 12.6. The quantitative estimate of drug-likeness (QED) is 0.638. The topological polar surface area (TPSA) is 52.1 Å². The van der Waals surface area contributed by atoms with Gasteiger partial charge in [-0.05, 0) is 19.4 Å². The molecule has 0 radical (unpaired) electrons. The van der Waals surface area contributed by atoms with Crippen LogP contribution in [0.3, 0.4) is 0 Å². The number of hydrogen-bond donors (Lipinski definition) is 0. The molecule has 2 aromatic heterocycles. The molecule has 2 heterocycles. The van der Waals surface area contributed by atoms with Gasteiger partial charge in [-0.25, -0.2) is 9.97 Å². The highest BCUT2D eigenvalue weighted by atomic mass is 35.5. The summed E-state index contributed by atoms with van der Waals surface area (Å²) in [4.78, 5) is 22.1. The lowest BCUT2D eigenvalue weighted by atomic mass is 10.1. The monoisotopic (exact) mass is 298 g/mol. The lowest BCUT2D eigenvalue weighted by molar-refractivity contribution is -0.140. The molecule has 0 N–H and O–H groups in total. The number of carbonyl (C=O) groups excluding carboxylic acids is 1. The molecule has 19 heavy (non-hydrogen) atoms. The Morgan fingerprint density at radius 2 is 2.26 bits per heavy atom. The third kappa shape index (κ3) is 3.22. The second-order valence-corrected chi connectivity index (χ2v) is 6.06. The molecule has 0 aliphatic carbocycles. The van der Waals surface area contributed by atoms with E-state index in [0.29, 0.717) is 23.8 Å². The fourth-order valence-electron chi connectivity index (χ4n) is 1.81. The van der Waals surface area contributed by atoms with Gasteiger partial charge in [0.1, 0.15) is 15.8 Å². The van der Waals surface area contributed by atoms with Gasteiger partial charge in [-0.15, -0.1) is 11.3 Å². The number of nitrogens with zero attached hydrogens (tertiary/aromatic N) is 2. The van der Waals surface area contributed by atoms with Crippen molar-refractivity contribution in [1.29, 1.82) is 0 Å². The first-order valence-corrected chi connectivity index (χ1v) is 7.21. The van der Waals surface area contributed by atoms with Gasteiger partial charge in [0.2, 0.25) is 0 Å². The van der Waals surface area contributed by atoms with E-state index >= 15 is 0 Å². The summed E-state index contributed by atoms with van der Waals surface area (Å²) in [5, 5.41) is 1.38. The number of hydrogen-bond acceptors (Lipinski definition) is 5. The molecule has 1 atom stereocenters. The van der Waals surface area contributed by atoms with Gasteiger partial charge < -0.3 is 4.74 Å². The second kappa shape index (κ2) is 5.84. The molecule has 0 fully saturated rings. The molecular formula is C13H15ClN2O2S. The Labute approximate surface area is 120 Å². The first kappa shape index (κ1) is 14.2. The van der Waals surface area contributed by atoms with Gasteiger partial charge >= 0.3 is 5.97 Å². The number of aromatic nitrogens is 2. The molecule has 102 valence electrons. The van der Waals surface area contributed by atoms with Crippen molar-refractivity contribution in [2.45, 2.75) is 32.6 Å². The third-order valence-electron chi connectivity index (χ3n) is 2.94. The highest BCUT2D eigenvalue weighted by molar-refractivity contribution is 7.18. The van der Waals surface area contributed by atoms with Crippen LogP contribution in [0.1, 0.15) is 36.4 Å². The summed E-state index contributed by atoms with van der Waals surface area (Å²) in [6, 6.07) is 1.99. The highest BCUT2D eigenvalue weighted by Crippen LogP contribution is 2.30. The SMILES string of the molecule is COC(=O)CCC(C)c1nc(Cl)c2cc(C)sc2n1. The summed E-state index contributed by atoms with van der Waals surface area (Å²) in [7, 11) is 1.39. The smallest absolute Gasteiger partial charge is 0.305 e. The minimum atomic E-state index is -0.217. The predicted octanol–water partition coefficient (Wildman–Crippen LogP) is 3.71. The minimum Gasteiger partial charge on any atom is -0.469 e. The molecule has 6 heteroatoms. The summed E-state index contributed by atoms with van der Waals surface area (Å²) in [5.41, 5.74) is 0. The van der Waals surface area contributed by atoms with Crippen LogP contribution >= 0.6 is 22.9 Å². The Balaban J connectivity index is 2.22. The van der Waals surface area contributed by atoms with Crippen molar-refractivity contribution in [3.8, 4) is 0 Å². The molecule has 0 aliphatic heterocycles. The van der Waals surface area contributed by atoms with E-state index in [0.717, 1.165) is 15.1 Å². The average Bonchev–Trinajstić information content (AvgIpc) is 2.76. The van der Waals surface area contributed by atoms with Gasteiger partial charge in [-0.1, -0.05) is 18.5 Å². The average molecular weight is 299 g/mol. The Morgan fingerprint density at radius 1 is 1.53 bits per heavy atom. The lowest BCUT2D eigenvalue weighted by Gasteiger charge is -2.09. The molecule has 2 aromatic rings. The Kier molecular flexibility index (Phi) is 4.37. The van der Waals surface area contributed by atoms with Crippen LogP contribution < -0.4 is 0 Å². The van der Waals surface area contributed by atoms with Crippen molar-refractivity contribution in [1.82, 2.24) is 9.97 Å². The third-order valence-corrected chi connectivity index (χ3v) is 4.17. The van der Waals surface area contributed by atoms with E-state index in [9.17, 15) is 4.79 Å². The van der Waals surface area contributed by atoms with Crippen LogP contribution in [0.5, 0.6) is 0 Å². The highest BCUT2D eigenvalue weighted by Gasteiger charge is 2.15. The van der Waals surface area contributed by atoms with Gasteiger partial charge in [0.15, 0.2) is 0 Å². The molecule has 0 spiro atoms. The maximum atomic E-state index is 11.1. The van der Waals surface area contributed by atoms with E-state index in [1.165, 1.54) is 7.11 Å². The van der Waals surface area contributed by atoms with E-state index in [1.54, 1.807) is 11.3 Å². The van der Waals surface area contributed by atoms with Gasteiger partial charge in [0.05, 0.1) is 7.11 Å². The predicted molar refractivity (Wildman–Crippen MR) is 76.8 cm³/mol. The van der Waals surface area contributed by atoms with Crippen LogP contribution in [0.25, 0.3) is 10.2 Å². The van der Waals surface area contributed by atoms with E-state index in [-0.39, 0.29) is 11.9 Å². The van der Waals surface area contributed by atoms with Crippen LogP contribution in [-0.4, -0.2) is 23.0 Å². The first-order chi connectivity index (χ1) is 9.01. The molecule has 2 rings (SSSR count). The number of halogens is 1. The number of thiophene rings is 1. The number of aryl methyl sites for hydroxylation is 1. The van der Waals surface area contributed by atoms with E-state index in [2.05, 4.69) is 14.7 Å². The molecule has 0 aliphatic rings. The maximum absolute atomic E-state index is 11.1. The summed E-state index contributed by atoms with van der Waals surface area (Å²) in [6.07, 6.45) is 1.01. The molecular weight excluding hydrogens is 284 g/mol. The van der Waals surface area contributed by atoms with Gasteiger partial charge in [0.25, 0.3) is 0 Å². The normalized spacial score (nSPS) is 12.6. The molecule has 4 nitrogen and oxygen atoms in total. The first-order valence-electron chi connectivity index (χ1n) is 6.01. The fraction of sp³-hybridized carbons (Fsp3) is 0.462.